The van der Waals surface area contributed by atoms with Gasteiger partial charge >= 0.3 is 12.0 Å². The second kappa shape index (κ2) is 8.46. The van der Waals surface area contributed by atoms with Crippen LogP contribution < -0.4 is 10.6 Å². The minimum atomic E-state index is -1.07. The van der Waals surface area contributed by atoms with E-state index in [4.69, 9.17) is 9.15 Å². The highest BCUT2D eigenvalue weighted by Crippen LogP contribution is 2.25. The van der Waals surface area contributed by atoms with Crippen LogP contribution in [0.25, 0.3) is 11.0 Å². The van der Waals surface area contributed by atoms with Gasteiger partial charge < -0.3 is 14.5 Å². The predicted molar refractivity (Wildman–Crippen MR) is 104 cm³/mol. The van der Waals surface area contributed by atoms with E-state index in [-0.39, 0.29) is 12.5 Å². The molecular formula is C21H26N2O5. The molecule has 1 heterocycles. The average Bonchev–Trinajstić information content (AvgIpc) is 3.26. The van der Waals surface area contributed by atoms with Crippen LogP contribution in [0.15, 0.2) is 22.8 Å². The van der Waals surface area contributed by atoms with Crippen LogP contribution in [-0.4, -0.2) is 30.1 Å². The lowest BCUT2D eigenvalue weighted by Crippen LogP contribution is -2.47. The number of fused-ring (bicyclic) bond motifs is 1. The summed E-state index contributed by atoms with van der Waals surface area (Å²) in [5.41, 5.74) is 3.62. The third-order valence-corrected chi connectivity index (χ3v) is 5.21. The maximum absolute atomic E-state index is 12.2. The van der Waals surface area contributed by atoms with Crippen LogP contribution in [0.1, 0.15) is 49.3 Å². The normalized spacial score (nSPS) is 15.4. The lowest BCUT2D eigenvalue weighted by atomic mass is 10.0. The van der Waals surface area contributed by atoms with Gasteiger partial charge in [-0.2, -0.15) is 0 Å². The third kappa shape index (κ3) is 4.71. The minimum absolute atomic E-state index is 0.0125. The molecule has 1 fully saturated rings. The van der Waals surface area contributed by atoms with Crippen molar-refractivity contribution in [2.45, 2.75) is 65.0 Å². The van der Waals surface area contributed by atoms with Gasteiger partial charge in [-0.15, -0.1) is 0 Å². The quantitative estimate of drug-likeness (QED) is 0.769. The Morgan fingerprint density at radius 1 is 1.18 bits per heavy atom. The van der Waals surface area contributed by atoms with Gasteiger partial charge in [0.1, 0.15) is 5.58 Å². The molecule has 1 aliphatic rings. The number of imide groups is 1. The highest BCUT2D eigenvalue weighted by Gasteiger charge is 2.23. The summed E-state index contributed by atoms with van der Waals surface area (Å²) in [5, 5.41) is 5.84. The number of hydrogen-bond acceptors (Lipinski definition) is 5. The molecule has 0 bridgehead atoms. The van der Waals surface area contributed by atoms with Crippen LogP contribution >= 0.6 is 0 Å². The van der Waals surface area contributed by atoms with Gasteiger partial charge in [0.2, 0.25) is 0 Å². The second-order valence-electron chi connectivity index (χ2n) is 7.45. The number of nitrogens with one attached hydrogen (secondary N) is 2. The Morgan fingerprint density at radius 2 is 1.86 bits per heavy atom. The Labute approximate surface area is 163 Å². The molecule has 3 rings (SSSR count). The highest BCUT2D eigenvalue weighted by molar-refractivity contribution is 5.97. The van der Waals surface area contributed by atoms with Crippen LogP contribution in [-0.2, 0) is 20.7 Å². The zero-order chi connectivity index (χ0) is 20.3. The van der Waals surface area contributed by atoms with Crippen molar-refractivity contribution < 1.29 is 23.5 Å². The number of furan rings is 1. The summed E-state index contributed by atoms with van der Waals surface area (Å²) in [6.45, 7) is 5.43. The fraction of sp³-hybridized carbons (Fsp3) is 0.476. The van der Waals surface area contributed by atoms with Gasteiger partial charge in [-0.1, -0.05) is 12.8 Å². The molecule has 3 amide bonds. The van der Waals surface area contributed by atoms with Crippen molar-refractivity contribution >= 4 is 28.9 Å². The predicted octanol–water partition coefficient (Wildman–Crippen LogP) is 3.29. The molecule has 1 aromatic heterocycles. The topological polar surface area (TPSA) is 97.6 Å². The molecule has 7 nitrogen and oxygen atoms in total. The van der Waals surface area contributed by atoms with Crippen molar-refractivity contribution in [1.29, 1.82) is 0 Å². The lowest BCUT2D eigenvalue weighted by molar-refractivity contribution is -0.153. The van der Waals surface area contributed by atoms with E-state index >= 15 is 0 Å². The Balaban J connectivity index is 1.53. The van der Waals surface area contributed by atoms with Gasteiger partial charge in [-0.3, -0.25) is 14.9 Å². The lowest BCUT2D eigenvalue weighted by Gasteiger charge is -2.15. The Morgan fingerprint density at radius 3 is 2.57 bits per heavy atom. The van der Waals surface area contributed by atoms with Crippen molar-refractivity contribution in [2.24, 2.45) is 0 Å². The van der Waals surface area contributed by atoms with E-state index in [2.05, 4.69) is 10.6 Å². The van der Waals surface area contributed by atoms with Crippen LogP contribution in [0.2, 0.25) is 0 Å². The first-order valence-corrected chi connectivity index (χ1v) is 9.61. The molecule has 2 aromatic rings. The monoisotopic (exact) mass is 386 g/mol. The molecule has 1 atom stereocenters. The average molecular weight is 386 g/mol. The number of rotatable bonds is 5. The fourth-order valence-electron chi connectivity index (χ4n) is 3.43. The van der Waals surface area contributed by atoms with E-state index in [9.17, 15) is 14.4 Å². The van der Waals surface area contributed by atoms with E-state index in [1.807, 2.05) is 26.0 Å². The first-order valence-electron chi connectivity index (χ1n) is 9.61. The van der Waals surface area contributed by atoms with E-state index in [1.165, 1.54) is 13.2 Å². The van der Waals surface area contributed by atoms with E-state index in [1.54, 1.807) is 0 Å². The largest absolute Gasteiger partial charge is 0.464 e. The summed E-state index contributed by atoms with van der Waals surface area (Å²) in [5.74, 6) is -1.20. The summed E-state index contributed by atoms with van der Waals surface area (Å²) in [6.07, 6.45) is 4.45. The number of esters is 1. The number of ether oxygens (including phenoxy) is 1. The number of hydrogen-bond donors (Lipinski definition) is 2. The van der Waals surface area contributed by atoms with Crippen molar-refractivity contribution in [3.63, 3.8) is 0 Å². The zero-order valence-electron chi connectivity index (χ0n) is 16.5. The number of aryl methyl sites for hydroxylation is 2. The maximum atomic E-state index is 12.2. The molecule has 1 aromatic carbocycles. The van der Waals surface area contributed by atoms with Crippen molar-refractivity contribution in [3.8, 4) is 0 Å². The van der Waals surface area contributed by atoms with E-state index < -0.39 is 24.0 Å². The molecule has 0 unspecified atom stereocenters. The summed E-state index contributed by atoms with van der Waals surface area (Å²) in [6, 6.07) is 3.46. The van der Waals surface area contributed by atoms with Crippen LogP contribution in [0.5, 0.6) is 0 Å². The number of urea groups is 1. The van der Waals surface area contributed by atoms with E-state index in [0.717, 1.165) is 42.2 Å². The molecule has 0 spiro atoms. The first kappa shape index (κ1) is 19.9. The molecule has 1 saturated carbocycles. The SMILES string of the molecule is Cc1cc2occ(CC(=O)O[C@H](C)C(=O)NC(=O)NC3CCCC3)c2cc1C. The van der Waals surface area contributed by atoms with Crippen molar-refractivity contribution in [3.05, 3.63) is 35.1 Å². The minimum Gasteiger partial charge on any atom is -0.464 e. The molecule has 1 aliphatic carbocycles. The van der Waals surface area contributed by atoms with Crippen molar-refractivity contribution in [2.75, 3.05) is 0 Å². The number of amides is 3. The molecule has 28 heavy (non-hydrogen) atoms. The van der Waals surface area contributed by atoms with Gasteiger partial charge in [-0.05, 0) is 56.9 Å². The van der Waals surface area contributed by atoms with Gasteiger partial charge in [-0.25, -0.2) is 4.79 Å². The number of carbonyl (C=O) groups is 3. The first-order chi connectivity index (χ1) is 13.3. The Kier molecular flexibility index (Phi) is 6.02. The summed E-state index contributed by atoms with van der Waals surface area (Å²) in [4.78, 5) is 36.2. The summed E-state index contributed by atoms with van der Waals surface area (Å²) < 4.78 is 10.7. The van der Waals surface area contributed by atoms with Gasteiger partial charge in [0, 0.05) is 17.0 Å². The van der Waals surface area contributed by atoms with Crippen LogP contribution in [0.4, 0.5) is 4.79 Å². The molecule has 0 aliphatic heterocycles. The Hall–Kier alpha value is -2.83. The molecular weight excluding hydrogens is 360 g/mol. The molecule has 0 radical (unpaired) electrons. The Bertz CT molecular complexity index is 896. The van der Waals surface area contributed by atoms with Crippen LogP contribution in [0.3, 0.4) is 0 Å². The smallest absolute Gasteiger partial charge is 0.321 e. The van der Waals surface area contributed by atoms with Gasteiger partial charge in [0.25, 0.3) is 5.91 Å². The van der Waals surface area contributed by atoms with Gasteiger partial charge in [0.05, 0.1) is 12.7 Å². The number of carbonyl (C=O) groups excluding carboxylic acids is 3. The summed E-state index contributed by atoms with van der Waals surface area (Å²) in [7, 11) is 0. The van der Waals surface area contributed by atoms with Gasteiger partial charge in [0.15, 0.2) is 6.10 Å². The second-order valence-corrected chi connectivity index (χ2v) is 7.45. The molecule has 150 valence electrons. The van der Waals surface area contributed by atoms with Crippen LogP contribution in [0, 0.1) is 13.8 Å². The third-order valence-electron chi connectivity index (χ3n) is 5.21. The molecule has 2 N–H and O–H groups in total. The van der Waals surface area contributed by atoms with Crippen molar-refractivity contribution in [1.82, 2.24) is 10.6 Å². The standard InChI is InChI=1S/C21H26N2O5/c1-12-8-17-15(11-27-18(17)9-13(12)2)10-19(24)28-14(3)20(25)23-21(26)22-16-6-4-5-7-16/h8-9,11,14,16H,4-7,10H2,1-3H3,(H2,22,23,25,26)/t14-/m1/s1. The number of benzene rings is 1. The maximum Gasteiger partial charge on any atom is 0.321 e. The molecule has 0 saturated heterocycles. The zero-order valence-corrected chi connectivity index (χ0v) is 16.5. The highest BCUT2D eigenvalue weighted by atomic mass is 16.5. The summed E-state index contributed by atoms with van der Waals surface area (Å²) >= 11 is 0. The van der Waals surface area contributed by atoms with E-state index in [0.29, 0.717) is 11.1 Å². The fourth-order valence-corrected chi connectivity index (χ4v) is 3.43. The molecule has 7 heteroatoms.